The van der Waals surface area contributed by atoms with E-state index in [0.29, 0.717) is 16.3 Å². The number of nitrogens with one attached hydrogen (secondary N) is 2. The first-order valence-corrected chi connectivity index (χ1v) is 13.0. The summed E-state index contributed by atoms with van der Waals surface area (Å²) >= 11 is 5.92. The zero-order valence-electron chi connectivity index (χ0n) is 18.0. The van der Waals surface area contributed by atoms with E-state index in [-0.39, 0.29) is 10.8 Å². The molecular weight excluding hydrogens is 448 g/mol. The highest BCUT2D eigenvalue weighted by atomic mass is 35.5. The van der Waals surface area contributed by atoms with Gasteiger partial charge in [0.1, 0.15) is 0 Å². The largest absolute Gasteiger partial charge is 0.367 e. The predicted molar refractivity (Wildman–Crippen MR) is 128 cm³/mol. The lowest BCUT2D eigenvalue weighted by Crippen LogP contribution is -2.43. The number of anilines is 2. The second-order valence-electron chi connectivity index (χ2n) is 8.23. The van der Waals surface area contributed by atoms with E-state index in [1.165, 1.54) is 12.1 Å². The molecule has 2 aliphatic rings. The minimum Gasteiger partial charge on any atom is -0.367 e. The molecule has 2 aliphatic heterocycles. The number of rotatable bonds is 5. The molecule has 0 aromatic heterocycles. The summed E-state index contributed by atoms with van der Waals surface area (Å²) in [5, 5.41) is 3.78. The molecule has 2 heterocycles. The van der Waals surface area contributed by atoms with Crippen LogP contribution in [-0.4, -0.2) is 58.5 Å². The molecule has 2 N–H and O–H groups in total. The summed E-state index contributed by atoms with van der Waals surface area (Å²) in [5.41, 5.74) is 1.69. The number of sulfonamides is 1. The molecule has 9 heteroatoms. The molecule has 4 rings (SSSR count). The third-order valence-corrected chi connectivity index (χ3v) is 7.60. The van der Waals surface area contributed by atoms with Crippen LogP contribution < -0.4 is 14.9 Å². The van der Waals surface area contributed by atoms with Gasteiger partial charge in [0.2, 0.25) is 0 Å². The van der Waals surface area contributed by atoms with Gasteiger partial charge >= 0.3 is 0 Å². The van der Waals surface area contributed by atoms with Crippen molar-refractivity contribution < 1.29 is 13.2 Å². The van der Waals surface area contributed by atoms with Crippen LogP contribution >= 0.6 is 11.6 Å². The summed E-state index contributed by atoms with van der Waals surface area (Å²) in [7, 11) is -3.84. The lowest BCUT2D eigenvalue weighted by atomic mass is 10.1. The molecule has 0 radical (unpaired) electrons. The van der Waals surface area contributed by atoms with Gasteiger partial charge in [-0.25, -0.2) is 8.42 Å². The number of benzene rings is 2. The van der Waals surface area contributed by atoms with Crippen LogP contribution in [0.2, 0.25) is 5.02 Å². The topological polar surface area (TPSA) is 81.8 Å². The van der Waals surface area contributed by atoms with E-state index in [9.17, 15) is 13.2 Å². The Morgan fingerprint density at radius 1 is 0.906 bits per heavy atom. The summed E-state index contributed by atoms with van der Waals surface area (Å²) in [6, 6.07) is 11.4. The van der Waals surface area contributed by atoms with Crippen LogP contribution in [-0.2, 0) is 10.0 Å². The molecule has 2 saturated heterocycles. The maximum atomic E-state index is 13.2. The molecule has 0 atom stereocenters. The van der Waals surface area contributed by atoms with E-state index in [1.807, 2.05) is 17.0 Å². The van der Waals surface area contributed by atoms with Crippen molar-refractivity contribution in [2.24, 2.45) is 0 Å². The molecule has 1 amide bonds. The van der Waals surface area contributed by atoms with Crippen LogP contribution in [0.25, 0.3) is 0 Å². The van der Waals surface area contributed by atoms with Crippen molar-refractivity contribution in [3.63, 3.8) is 0 Å². The van der Waals surface area contributed by atoms with Crippen LogP contribution in [0.15, 0.2) is 47.4 Å². The Labute approximate surface area is 194 Å². The smallest absolute Gasteiger partial charge is 0.261 e. The second kappa shape index (κ2) is 10.1. The van der Waals surface area contributed by atoms with Crippen molar-refractivity contribution >= 4 is 38.9 Å². The fraction of sp³-hybridized carbons (Fsp3) is 0.435. The van der Waals surface area contributed by atoms with E-state index in [4.69, 9.17) is 11.6 Å². The SMILES string of the molecule is O=C(c1ccc(N2CCNCC2)c(NS(=O)(=O)c2ccc(Cl)cc2)c1)N1CCCCCC1. The number of hydrogen-bond acceptors (Lipinski definition) is 5. The van der Waals surface area contributed by atoms with Crippen molar-refractivity contribution in [1.29, 1.82) is 0 Å². The molecule has 2 aromatic carbocycles. The quantitative estimate of drug-likeness (QED) is 0.689. The first kappa shape index (κ1) is 22.9. The number of nitrogens with zero attached hydrogens (tertiary/aromatic N) is 2. The van der Waals surface area contributed by atoms with Crippen molar-refractivity contribution in [1.82, 2.24) is 10.2 Å². The number of carbonyl (C=O) groups is 1. The third kappa shape index (κ3) is 5.36. The molecule has 0 spiro atoms. The Morgan fingerprint density at radius 3 is 2.22 bits per heavy atom. The highest BCUT2D eigenvalue weighted by Gasteiger charge is 2.23. The van der Waals surface area contributed by atoms with E-state index in [2.05, 4.69) is 14.9 Å². The van der Waals surface area contributed by atoms with Gasteiger partial charge < -0.3 is 15.1 Å². The zero-order valence-corrected chi connectivity index (χ0v) is 19.6. The normalized spacial score (nSPS) is 17.7. The minimum absolute atomic E-state index is 0.0503. The van der Waals surface area contributed by atoms with E-state index < -0.39 is 10.0 Å². The molecule has 0 unspecified atom stereocenters. The first-order valence-electron chi connectivity index (χ1n) is 11.1. The first-order chi connectivity index (χ1) is 15.4. The Morgan fingerprint density at radius 2 is 1.56 bits per heavy atom. The molecule has 2 aromatic rings. The van der Waals surface area contributed by atoms with Crippen LogP contribution in [0.5, 0.6) is 0 Å². The van der Waals surface area contributed by atoms with Crippen LogP contribution in [0.3, 0.4) is 0 Å². The minimum atomic E-state index is -3.84. The number of amides is 1. The summed E-state index contributed by atoms with van der Waals surface area (Å²) in [6.07, 6.45) is 4.27. The van der Waals surface area contributed by atoms with Crippen molar-refractivity contribution in [3.8, 4) is 0 Å². The number of likely N-dealkylation sites (tertiary alicyclic amines) is 1. The summed E-state index contributed by atoms with van der Waals surface area (Å²) < 4.78 is 28.9. The zero-order chi connectivity index (χ0) is 22.6. The molecule has 32 heavy (non-hydrogen) atoms. The van der Waals surface area contributed by atoms with Gasteiger partial charge in [-0.2, -0.15) is 0 Å². The van der Waals surface area contributed by atoms with Gasteiger partial charge in [-0.1, -0.05) is 24.4 Å². The maximum absolute atomic E-state index is 13.2. The monoisotopic (exact) mass is 476 g/mol. The highest BCUT2D eigenvalue weighted by molar-refractivity contribution is 7.92. The maximum Gasteiger partial charge on any atom is 0.261 e. The Kier molecular flexibility index (Phi) is 7.23. The summed E-state index contributed by atoms with van der Waals surface area (Å²) in [4.78, 5) is 17.3. The van der Waals surface area contributed by atoms with Crippen LogP contribution in [0, 0.1) is 0 Å². The lowest BCUT2D eigenvalue weighted by Gasteiger charge is -2.31. The number of hydrogen-bond donors (Lipinski definition) is 2. The lowest BCUT2D eigenvalue weighted by molar-refractivity contribution is 0.0761. The third-order valence-electron chi connectivity index (χ3n) is 5.96. The van der Waals surface area contributed by atoms with Crippen molar-refractivity contribution in [2.75, 3.05) is 48.9 Å². The Bertz CT molecular complexity index is 1050. The molecule has 0 saturated carbocycles. The number of piperazine rings is 1. The molecule has 2 fully saturated rings. The molecular formula is C23H29ClN4O3S. The standard InChI is InChI=1S/C23H29ClN4O3S/c24-19-6-8-20(9-7-19)32(30,31)26-21-17-18(23(29)28-13-3-1-2-4-14-28)5-10-22(21)27-15-11-25-12-16-27/h5-10,17,25-26H,1-4,11-16H2. The van der Waals surface area contributed by atoms with E-state index >= 15 is 0 Å². The van der Waals surface area contributed by atoms with E-state index in [0.717, 1.165) is 70.6 Å². The van der Waals surface area contributed by atoms with Crippen LogP contribution in [0.4, 0.5) is 11.4 Å². The average molecular weight is 477 g/mol. The molecule has 0 bridgehead atoms. The van der Waals surface area contributed by atoms with Gasteiger partial charge in [-0.15, -0.1) is 0 Å². The number of carbonyl (C=O) groups excluding carboxylic acids is 1. The van der Waals surface area contributed by atoms with Gasteiger partial charge in [-0.3, -0.25) is 9.52 Å². The second-order valence-corrected chi connectivity index (χ2v) is 10.4. The summed E-state index contributed by atoms with van der Waals surface area (Å²) in [5.74, 6) is -0.0503. The van der Waals surface area contributed by atoms with Gasteiger partial charge in [0.05, 0.1) is 16.3 Å². The number of halogens is 1. The predicted octanol–water partition coefficient (Wildman–Crippen LogP) is 3.57. The van der Waals surface area contributed by atoms with Gasteiger partial charge in [-0.05, 0) is 55.3 Å². The fourth-order valence-corrected chi connectivity index (χ4v) is 5.40. The van der Waals surface area contributed by atoms with Gasteiger partial charge in [0, 0.05) is 49.9 Å². The van der Waals surface area contributed by atoms with Gasteiger partial charge in [0.15, 0.2) is 0 Å². The van der Waals surface area contributed by atoms with Crippen molar-refractivity contribution in [3.05, 3.63) is 53.1 Å². The van der Waals surface area contributed by atoms with Crippen LogP contribution in [0.1, 0.15) is 36.0 Å². The van der Waals surface area contributed by atoms with Crippen molar-refractivity contribution in [2.45, 2.75) is 30.6 Å². The van der Waals surface area contributed by atoms with Gasteiger partial charge in [0.25, 0.3) is 15.9 Å². The molecule has 0 aliphatic carbocycles. The fourth-order valence-electron chi connectivity index (χ4n) is 4.21. The molecule has 172 valence electrons. The van der Waals surface area contributed by atoms with E-state index in [1.54, 1.807) is 18.2 Å². The Hall–Kier alpha value is -2.29. The molecule has 7 nitrogen and oxygen atoms in total. The highest BCUT2D eigenvalue weighted by Crippen LogP contribution is 2.31. The average Bonchev–Trinajstić information content (AvgIpc) is 3.09. The summed E-state index contributed by atoms with van der Waals surface area (Å²) in [6.45, 7) is 4.63. The Balaban J connectivity index is 1.67.